The molecule has 0 radical (unpaired) electrons. The molecule has 0 bridgehead atoms. The third-order valence-corrected chi connectivity index (χ3v) is 4.35. The Kier molecular flexibility index (Phi) is 4.87. The van der Waals surface area contributed by atoms with E-state index in [9.17, 15) is 4.79 Å². The zero-order chi connectivity index (χ0) is 13.8. The van der Waals surface area contributed by atoms with Crippen LogP contribution in [-0.4, -0.2) is 29.8 Å². The summed E-state index contributed by atoms with van der Waals surface area (Å²) in [6.45, 7) is 2.91. The van der Waals surface area contributed by atoms with Crippen molar-refractivity contribution in [2.24, 2.45) is 5.92 Å². The summed E-state index contributed by atoms with van der Waals surface area (Å²) >= 11 is 5.99. The van der Waals surface area contributed by atoms with Gasteiger partial charge in [-0.15, -0.1) is 11.6 Å². The summed E-state index contributed by atoms with van der Waals surface area (Å²) in [6, 6.07) is 10.1. The second-order valence-electron chi connectivity index (χ2n) is 5.52. The van der Waals surface area contributed by atoms with Crippen LogP contribution in [0, 0.1) is 5.92 Å². The number of rotatable bonds is 5. The zero-order valence-corrected chi connectivity index (χ0v) is 12.4. The Labute approximate surface area is 120 Å². The van der Waals surface area contributed by atoms with Crippen molar-refractivity contribution in [1.82, 2.24) is 4.90 Å². The molecule has 1 aromatic rings. The topological polar surface area (TPSA) is 20.3 Å². The summed E-state index contributed by atoms with van der Waals surface area (Å²) in [5.74, 6) is 0.800. The number of hydrogen-bond acceptors (Lipinski definition) is 1. The zero-order valence-electron chi connectivity index (χ0n) is 11.7. The van der Waals surface area contributed by atoms with Gasteiger partial charge in [0.05, 0.1) is 5.92 Å². The predicted molar refractivity (Wildman–Crippen MR) is 79.5 cm³/mol. The molecule has 19 heavy (non-hydrogen) atoms. The lowest BCUT2D eigenvalue weighted by atomic mass is 9.84. The number of nitrogens with zero attached hydrogens (tertiary/aromatic N) is 1. The van der Waals surface area contributed by atoms with E-state index in [1.165, 1.54) is 0 Å². The van der Waals surface area contributed by atoms with Gasteiger partial charge in [-0.1, -0.05) is 37.3 Å². The molecule has 1 aliphatic rings. The average Bonchev–Trinajstić information content (AvgIpc) is 2.39. The largest absolute Gasteiger partial charge is 0.345 e. The lowest BCUT2D eigenvalue weighted by molar-refractivity contribution is -0.132. The highest BCUT2D eigenvalue weighted by Gasteiger charge is 2.30. The minimum absolute atomic E-state index is 0.0157. The minimum atomic E-state index is -0.0157. The van der Waals surface area contributed by atoms with Crippen molar-refractivity contribution >= 4 is 17.5 Å². The van der Waals surface area contributed by atoms with Gasteiger partial charge in [-0.2, -0.15) is 0 Å². The Morgan fingerprint density at radius 2 is 2.00 bits per heavy atom. The van der Waals surface area contributed by atoms with Gasteiger partial charge in [-0.25, -0.2) is 0 Å². The Morgan fingerprint density at radius 3 is 2.53 bits per heavy atom. The smallest absolute Gasteiger partial charge is 0.229 e. The van der Waals surface area contributed by atoms with Crippen molar-refractivity contribution < 1.29 is 4.79 Å². The number of alkyl halides is 1. The van der Waals surface area contributed by atoms with Crippen LogP contribution in [0.5, 0.6) is 0 Å². The highest BCUT2D eigenvalue weighted by Crippen LogP contribution is 2.33. The minimum Gasteiger partial charge on any atom is -0.345 e. The highest BCUT2D eigenvalue weighted by molar-refractivity contribution is 6.21. The Hall–Kier alpha value is -1.02. The van der Waals surface area contributed by atoms with Gasteiger partial charge in [-0.05, 0) is 30.7 Å². The number of hydrogen-bond donors (Lipinski definition) is 0. The summed E-state index contributed by atoms with van der Waals surface area (Å²) in [4.78, 5) is 14.4. The molecule has 2 nitrogen and oxygen atoms in total. The first kappa shape index (κ1) is 14.4. The van der Waals surface area contributed by atoms with Gasteiger partial charge in [0, 0.05) is 19.0 Å². The molecule has 104 valence electrons. The first-order chi connectivity index (χ1) is 9.11. The normalized spacial score (nSPS) is 23.5. The molecular formula is C16H22ClNO. The molecule has 1 atom stereocenters. The molecule has 0 aromatic heterocycles. The molecule has 0 spiro atoms. The highest BCUT2D eigenvalue weighted by atomic mass is 35.5. The monoisotopic (exact) mass is 279 g/mol. The van der Waals surface area contributed by atoms with Crippen molar-refractivity contribution in [3.63, 3.8) is 0 Å². The van der Waals surface area contributed by atoms with Crippen LogP contribution in [0.2, 0.25) is 0 Å². The lowest BCUT2D eigenvalue weighted by Gasteiger charge is -2.35. The van der Waals surface area contributed by atoms with E-state index in [0.29, 0.717) is 11.3 Å². The standard InChI is InChI=1S/C16H22ClNO/c1-3-15(13-7-5-4-6-8-13)16(19)18(2)11-12-9-14(17)10-12/h4-8,12,14-15H,3,9-11H2,1-2H3. The van der Waals surface area contributed by atoms with Gasteiger partial charge in [0.2, 0.25) is 5.91 Å². The Balaban J connectivity index is 1.96. The fourth-order valence-electron chi connectivity index (χ4n) is 2.78. The molecule has 2 rings (SSSR count). The van der Waals surface area contributed by atoms with Gasteiger partial charge in [0.15, 0.2) is 0 Å². The first-order valence-electron chi connectivity index (χ1n) is 7.05. The van der Waals surface area contributed by atoms with Crippen LogP contribution in [0.25, 0.3) is 0 Å². The number of carbonyl (C=O) groups is 1. The molecule has 0 heterocycles. The summed E-state index contributed by atoms with van der Waals surface area (Å²) in [5.41, 5.74) is 1.12. The molecule has 1 aromatic carbocycles. The van der Waals surface area contributed by atoms with Gasteiger partial charge in [0.1, 0.15) is 0 Å². The third-order valence-electron chi connectivity index (χ3n) is 3.99. The molecule has 1 aliphatic carbocycles. The number of likely N-dealkylation sites (N-methyl/N-ethyl adjacent to an activating group) is 1. The third kappa shape index (κ3) is 3.50. The maximum absolute atomic E-state index is 12.5. The van der Waals surface area contributed by atoms with Crippen molar-refractivity contribution in [3.05, 3.63) is 35.9 Å². The van der Waals surface area contributed by atoms with E-state index < -0.39 is 0 Å². The van der Waals surface area contributed by atoms with E-state index in [4.69, 9.17) is 11.6 Å². The summed E-state index contributed by atoms with van der Waals surface area (Å²) < 4.78 is 0. The van der Waals surface area contributed by atoms with Crippen LogP contribution >= 0.6 is 11.6 Å². The fourth-order valence-corrected chi connectivity index (χ4v) is 3.29. The number of halogens is 1. The maximum atomic E-state index is 12.5. The van der Waals surface area contributed by atoms with Crippen molar-refractivity contribution in [1.29, 1.82) is 0 Å². The van der Waals surface area contributed by atoms with Crippen LogP contribution in [0.3, 0.4) is 0 Å². The first-order valence-corrected chi connectivity index (χ1v) is 7.49. The van der Waals surface area contributed by atoms with Crippen LogP contribution < -0.4 is 0 Å². The van der Waals surface area contributed by atoms with Crippen LogP contribution in [0.15, 0.2) is 30.3 Å². The number of benzene rings is 1. The molecule has 3 heteroatoms. The van der Waals surface area contributed by atoms with Gasteiger partial charge in [-0.3, -0.25) is 4.79 Å². The molecule has 0 saturated heterocycles. The van der Waals surface area contributed by atoms with Crippen LogP contribution in [0.4, 0.5) is 0 Å². The molecular weight excluding hydrogens is 258 g/mol. The summed E-state index contributed by atoms with van der Waals surface area (Å²) in [5, 5.41) is 0.324. The predicted octanol–water partition coefficient (Wildman–Crippen LogP) is 3.66. The van der Waals surface area contributed by atoms with Crippen LogP contribution in [0.1, 0.15) is 37.7 Å². The molecule has 1 amide bonds. The molecule has 1 unspecified atom stereocenters. The quantitative estimate of drug-likeness (QED) is 0.754. The molecule has 0 N–H and O–H groups in total. The summed E-state index contributed by atoms with van der Waals surface area (Å²) in [7, 11) is 1.91. The van der Waals surface area contributed by atoms with E-state index >= 15 is 0 Å². The maximum Gasteiger partial charge on any atom is 0.229 e. The van der Waals surface area contributed by atoms with E-state index in [0.717, 1.165) is 31.4 Å². The fraction of sp³-hybridized carbons (Fsp3) is 0.562. The number of carbonyl (C=O) groups excluding carboxylic acids is 1. The van der Waals surface area contributed by atoms with E-state index in [1.807, 2.05) is 42.3 Å². The van der Waals surface area contributed by atoms with E-state index in [1.54, 1.807) is 0 Å². The lowest BCUT2D eigenvalue weighted by Crippen LogP contribution is -2.39. The summed E-state index contributed by atoms with van der Waals surface area (Å²) in [6.07, 6.45) is 2.93. The van der Waals surface area contributed by atoms with Gasteiger partial charge < -0.3 is 4.90 Å². The van der Waals surface area contributed by atoms with Crippen molar-refractivity contribution in [2.75, 3.05) is 13.6 Å². The molecule has 1 saturated carbocycles. The molecule has 1 fully saturated rings. The van der Waals surface area contributed by atoms with Gasteiger partial charge in [0.25, 0.3) is 0 Å². The van der Waals surface area contributed by atoms with Gasteiger partial charge >= 0.3 is 0 Å². The second-order valence-corrected chi connectivity index (χ2v) is 6.14. The number of amides is 1. The average molecular weight is 280 g/mol. The molecule has 0 aliphatic heterocycles. The van der Waals surface area contributed by atoms with E-state index in [-0.39, 0.29) is 11.8 Å². The van der Waals surface area contributed by atoms with Crippen molar-refractivity contribution in [3.8, 4) is 0 Å². The second kappa shape index (κ2) is 6.42. The van der Waals surface area contributed by atoms with Crippen LogP contribution in [-0.2, 0) is 4.79 Å². The Morgan fingerprint density at radius 1 is 1.37 bits per heavy atom. The Bertz CT molecular complexity index is 414. The van der Waals surface area contributed by atoms with E-state index in [2.05, 4.69) is 6.92 Å². The van der Waals surface area contributed by atoms with Crippen molar-refractivity contribution in [2.45, 2.75) is 37.5 Å². The SMILES string of the molecule is CCC(C(=O)N(C)CC1CC(Cl)C1)c1ccccc1.